The highest BCUT2D eigenvalue weighted by Gasteiger charge is 2.47. The average Bonchev–Trinajstić information content (AvgIpc) is 2.48. The fraction of sp³-hybridized carbons (Fsp3) is 0.857. The van der Waals surface area contributed by atoms with Gasteiger partial charge >= 0.3 is 11.9 Å². The van der Waals surface area contributed by atoms with Gasteiger partial charge in [-0.2, -0.15) is 0 Å². The third-order valence-electron chi connectivity index (χ3n) is 3.63. The highest BCUT2D eigenvalue weighted by Crippen LogP contribution is 2.22. The molecule has 0 unspecified atom stereocenters. The van der Waals surface area contributed by atoms with Crippen LogP contribution in [-0.2, 0) is 19.1 Å². The lowest BCUT2D eigenvalue weighted by Gasteiger charge is -2.36. The highest BCUT2D eigenvalue weighted by atomic mass is 16.7. The molecule has 1 aliphatic rings. The zero-order valence-corrected chi connectivity index (χ0v) is 12.7. The Kier molecular flexibility index (Phi) is 7.37. The van der Waals surface area contributed by atoms with Crippen LogP contribution in [0.25, 0.3) is 0 Å². The predicted octanol–water partition coefficient (Wildman–Crippen LogP) is -0.927. The fourth-order valence-corrected chi connectivity index (χ4v) is 2.37. The number of hydrogen-bond acceptors (Lipinski definition) is 8. The van der Waals surface area contributed by atoms with Crippen molar-refractivity contribution in [2.75, 3.05) is 0 Å². The van der Waals surface area contributed by atoms with Gasteiger partial charge < -0.3 is 29.9 Å². The maximum absolute atomic E-state index is 12.0. The maximum Gasteiger partial charge on any atom is 0.345 e. The van der Waals surface area contributed by atoms with Crippen LogP contribution in [0.5, 0.6) is 0 Å². The van der Waals surface area contributed by atoms with Gasteiger partial charge in [-0.1, -0.05) is 26.7 Å². The van der Waals surface area contributed by atoms with Gasteiger partial charge in [0, 0.05) is 0 Å². The Bertz CT molecular complexity index is 379. The maximum atomic E-state index is 12.0. The molecule has 0 bridgehead atoms. The SMILES string of the molecule is CCCC(CCC)C(=O)OC(=O)[C@H]1O[C@@H](O)[C@H](O)[C@@H](O)[C@@H]1O. The number of esters is 2. The number of ether oxygens (including phenoxy) is 2. The van der Waals surface area contributed by atoms with Gasteiger partial charge in [-0.3, -0.25) is 4.79 Å². The summed E-state index contributed by atoms with van der Waals surface area (Å²) in [6.07, 6.45) is -6.28. The van der Waals surface area contributed by atoms with E-state index in [1.54, 1.807) is 0 Å². The van der Waals surface area contributed by atoms with Crippen LogP contribution in [-0.4, -0.2) is 63.1 Å². The topological polar surface area (TPSA) is 134 Å². The first-order chi connectivity index (χ1) is 10.3. The molecule has 22 heavy (non-hydrogen) atoms. The third-order valence-corrected chi connectivity index (χ3v) is 3.63. The summed E-state index contributed by atoms with van der Waals surface area (Å²) in [4.78, 5) is 23.9. The zero-order chi connectivity index (χ0) is 16.9. The second-order valence-electron chi connectivity index (χ2n) is 5.43. The van der Waals surface area contributed by atoms with Gasteiger partial charge in [0.25, 0.3) is 0 Å². The average molecular weight is 320 g/mol. The van der Waals surface area contributed by atoms with E-state index >= 15 is 0 Å². The van der Waals surface area contributed by atoms with Crippen molar-refractivity contribution in [2.24, 2.45) is 5.92 Å². The summed E-state index contributed by atoms with van der Waals surface area (Å²) in [7, 11) is 0. The smallest absolute Gasteiger partial charge is 0.345 e. The molecule has 0 radical (unpaired) electrons. The molecule has 0 aromatic carbocycles. The number of rotatable bonds is 6. The van der Waals surface area contributed by atoms with E-state index in [0.717, 1.165) is 12.8 Å². The van der Waals surface area contributed by atoms with Gasteiger partial charge in [-0.15, -0.1) is 0 Å². The van der Waals surface area contributed by atoms with Crippen LogP contribution in [0.15, 0.2) is 0 Å². The lowest BCUT2D eigenvalue weighted by molar-refractivity contribution is -0.280. The summed E-state index contributed by atoms with van der Waals surface area (Å²) in [5, 5.41) is 37.9. The molecule has 0 aromatic rings. The molecular formula is C14H24O8. The van der Waals surface area contributed by atoms with Crippen LogP contribution >= 0.6 is 0 Å². The number of aliphatic hydroxyl groups excluding tert-OH is 4. The predicted molar refractivity (Wildman–Crippen MR) is 73.3 cm³/mol. The van der Waals surface area contributed by atoms with E-state index < -0.39 is 48.6 Å². The van der Waals surface area contributed by atoms with Crippen LogP contribution in [0.3, 0.4) is 0 Å². The Balaban J connectivity index is 2.68. The number of carbonyl (C=O) groups is 2. The molecule has 1 rings (SSSR count). The van der Waals surface area contributed by atoms with Crippen molar-refractivity contribution in [1.82, 2.24) is 0 Å². The van der Waals surface area contributed by atoms with Crippen molar-refractivity contribution >= 4 is 11.9 Å². The zero-order valence-electron chi connectivity index (χ0n) is 12.7. The van der Waals surface area contributed by atoms with E-state index in [1.807, 2.05) is 13.8 Å². The molecule has 8 heteroatoms. The van der Waals surface area contributed by atoms with E-state index in [-0.39, 0.29) is 0 Å². The van der Waals surface area contributed by atoms with Crippen molar-refractivity contribution < 1.29 is 39.5 Å². The van der Waals surface area contributed by atoms with Crippen molar-refractivity contribution in [1.29, 1.82) is 0 Å². The highest BCUT2D eigenvalue weighted by molar-refractivity contribution is 5.89. The molecule has 0 amide bonds. The lowest BCUT2D eigenvalue weighted by atomic mass is 9.98. The van der Waals surface area contributed by atoms with Crippen molar-refractivity contribution in [3.63, 3.8) is 0 Å². The largest absolute Gasteiger partial charge is 0.391 e. The Morgan fingerprint density at radius 3 is 2.05 bits per heavy atom. The van der Waals surface area contributed by atoms with Crippen molar-refractivity contribution in [2.45, 2.75) is 70.2 Å². The number of aliphatic hydroxyl groups is 4. The molecule has 1 heterocycles. The van der Waals surface area contributed by atoms with Crippen LogP contribution in [0.4, 0.5) is 0 Å². The summed E-state index contributed by atoms with van der Waals surface area (Å²) >= 11 is 0. The lowest BCUT2D eigenvalue weighted by Crippen LogP contribution is -2.60. The molecule has 1 aliphatic heterocycles. The van der Waals surface area contributed by atoms with Crippen LogP contribution < -0.4 is 0 Å². The third kappa shape index (κ3) is 4.47. The first kappa shape index (κ1) is 19.0. The van der Waals surface area contributed by atoms with Crippen molar-refractivity contribution in [3.8, 4) is 0 Å². The molecule has 0 aliphatic carbocycles. The molecule has 0 spiro atoms. The fourth-order valence-electron chi connectivity index (χ4n) is 2.37. The van der Waals surface area contributed by atoms with Gasteiger partial charge in [-0.25, -0.2) is 4.79 Å². The van der Waals surface area contributed by atoms with Crippen LogP contribution in [0.2, 0.25) is 0 Å². The Labute approximate surface area is 128 Å². The molecule has 1 saturated heterocycles. The standard InChI is InChI=1S/C14H24O8/c1-3-5-7(6-4-2)12(18)22-14(20)11-9(16)8(15)10(17)13(19)21-11/h7-11,13,15-17,19H,3-6H2,1-2H3/t8-,9-,10+,11-,13+/m0/s1. The molecule has 128 valence electrons. The van der Waals surface area contributed by atoms with Gasteiger partial charge in [-0.05, 0) is 12.8 Å². The Morgan fingerprint density at radius 2 is 1.55 bits per heavy atom. The van der Waals surface area contributed by atoms with Gasteiger partial charge in [0.1, 0.15) is 18.3 Å². The Morgan fingerprint density at radius 1 is 1.00 bits per heavy atom. The summed E-state index contributed by atoms with van der Waals surface area (Å²) < 4.78 is 9.41. The minimum absolute atomic E-state index is 0.430. The molecular weight excluding hydrogens is 296 g/mol. The molecule has 0 aromatic heterocycles. The van der Waals surface area contributed by atoms with Gasteiger partial charge in [0.05, 0.1) is 5.92 Å². The van der Waals surface area contributed by atoms with E-state index in [2.05, 4.69) is 0 Å². The minimum Gasteiger partial charge on any atom is -0.391 e. The normalized spacial score (nSPS) is 32.0. The first-order valence-corrected chi connectivity index (χ1v) is 7.46. The molecule has 8 nitrogen and oxygen atoms in total. The molecule has 4 N–H and O–H groups in total. The van der Waals surface area contributed by atoms with Crippen molar-refractivity contribution in [3.05, 3.63) is 0 Å². The Hall–Kier alpha value is -1.06. The summed E-state index contributed by atoms with van der Waals surface area (Å²) in [6.45, 7) is 3.81. The quantitative estimate of drug-likeness (QED) is 0.364. The molecule has 5 atom stereocenters. The van der Waals surface area contributed by atoms with E-state index in [4.69, 9.17) is 9.47 Å². The van der Waals surface area contributed by atoms with E-state index in [0.29, 0.717) is 12.8 Å². The number of hydrogen-bond donors (Lipinski definition) is 4. The van der Waals surface area contributed by atoms with Crippen LogP contribution in [0, 0.1) is 5.92 Å². The summed E-state index contributed by atoms with van der Waals surface area (Å²) in [5.74, 6) is -2.35. The van der Waals surface area contributed by atoms with Gasteiger partial charge in [0.2, 0.25) is 0 Å². The van der Waals surface area contributed by atoms with Gasteiger partial charge in [0.15, 0.2) is 12.4 Å². The molecule has 1 fully saturated rings. The summed E-state index contributed by atoms with van der Waals surface area (Å²) in [6, 6.07) is 0. The van der Waals surface area contributed by atoms with E-state index in [1.165, 1.54) is 0 Å². The summed E-state index contributed by atoms with van der Waals surface area (Å²) in [5.41, 5.74) is 0. The molecule has 0 saturated carbocycles. The van der Waals surface area contributed by atoms with E-state index in [9.17, 15) is 30.0 Å². The minimum atomic E-state index is -1.85. The monoisotopic (exact) mass is 320 g/mol. The second-order valence-corrected chi connectivity index (χ2v) is 5.43. The van der Waals surface area contributed by atoms with Crippen LogP contribution in [0.1, 0.15) is 39.5 Å². The second kappa shape index (κ2) is 8.54. The number of carbonyl (C=O) groups excluding carboxylic acids is 2. The first-order valence-electron chi connectivity index (χ1n) is 7.46.